The van der Waals surface area contributed by atoms with Gasteiger partial charge in [-0.15, -0.1) is 0 Å². The molecule has 8 heteroatoms. The van der Waals surface area contributed by atoms with Gasteiger partial charge in [-0.2, -0.15) is 8.42 Å². The third kappa shape index (κ3) is 16.2. The molecule has 0 aliphatic carbocycles. The fourth-order valence-electron chi connectivity index (χ4n) is 0.0829. The molecule has 0 saturated carbocycles. The third-order valence-electron chi connectivity index (χ3n) is 0.360. The maximum absolute atomic E-state index is 9.98. The molecule has 0 radical (unpaired) electrons. The highest BCUT2D eigenvalue weighted by atomic mass is 32.2. The molecule has 0 aromatic heterocycles. The van der Waals surface area contributed by atoms with Gasteiger partial charge in [-0.3, -0.25) is 0 Å². The van der Waals surface area contributed by atoms with Crippen LogP contribution in [0.15, 0.2) is 4.40 Å². The van der Waals surface area contributed by atoms with Crippen LogP contribution in [0.4, 0.5) is 0 Å². The average Bonchev–Trinajstić information content (AvgIpc) is 1.86. The van der Waals surface area contributed by atoms with Crippen molar-refractivity contribution in [3.63, 3.8) is 0 Å². The second-order valence-electron chi connectivity index (χ2n) is 2.12. The van der Waals surface area contributed by atoms with E-state index in [0.29, 0.717) is 0 Å². The number of carbonyl (C=O) groups excluding carboxylic acids is 1. The van der Waals surface area contributed by atoms with E-state index < -0.39 is 10.3 Å². The molecular weight excluding hydrogens is 200 g/mol. The highest BCUT2D eigenvalue weighted by Gasteiger charge is 2.00. The first-order chi connectivity index (χ1) is 5.35. The van der Waals surface area contributed by atoms with Gasteiger partial charge in [-0.25, -0.2) is 4.79 Å². The summed E-state index contributed by atoms with van der Waals surface area (Å²) in [6, 6.07) is 0. The van der Waals surface area contributed by atoms with Crippen molar-refractivity contribution in [2.24, 2.45) is 4.40 Å². The lowest BCUT2D eigenvalue weighted by atomic mass is 11.0. The van der Waals surface area contributed by atoms with E-state index in [1.807, 2.05) is 26.0 Å². The summed E-state index contributed by atoms with van der Waals surface area (Å²) in [5, 5.41) is 0. The average molecular weight is 212 g/mol. The van der Waals surface area contributed by atoms with Crippen molar-refractivity contribution in [1.29, 1.82) is 0 Å². The van der Waals surface area contributed by atoms with Gasteiger partial charge in [0.2, 0.25) is 0 Å². The number of hydrogen-bond donors (Lipinski definition) is 0. The molecule has 0 bridgehead atoms. The van der Waals surface area contributed by atoms with Gasteiger partial charge in [0.1, 0.15) is 0 Å². The van der Waals surface area contributed by atoms with Crippen molar-refractivity contribution in [1.82, 2.24) is 4.90 Å². The van der Waals surface area contributed by atoms with E-state index in [4.69, 9.17) is 0 Å². The summed E-state index contributed by atoms with van der Waals surface area (Å²) in [6.07, 6.45) is 0.843. The normalized spacial score (nSPS) is 10.0. The van der Waals surface area contributed by atoms with Gasteiger partial charge in [0, 0.05) is 0 Å². The fraction of sp³-hybridized carbons (Fsp3) is 0.750. The van der Waals surface area contributed by atoms with Crippen LogP contribution in [0, 0.1) is 0 Å². The molecule has 0 rings (SSSR count). The molecule has 0 aliphatic rings. The van der Waals surface area contributed by atoms with Crippen LogP contribution in [-0.2, 0) is 19.0 Å². The molecule has 0 aromatic rings. The molecule has 0 saturated heterocycles. The van der Waals surface area contributed by atoms with E-state index in [1.165, 1.54) is 0 Å². The molecule has 12 heavy (non-hydrogen) atoms. The summed E-state index contributed by atoms with van der Waals surface area (Å²) >= 11 is 0. The Morgan fingerprint density at radius 3 is 1.83 bits per heavy atom. The molecule has 72 valence electrons. The third-order valence-corrected chi connectivity index (χ3v) is 2.34. The number of hydrogen-bond acceptors (Lipinski definition) is 5. The lowest BCUT2D eigenvalue weighted by Gasteiger charge is -1.90. The fourth-order valence-corrected chi connectivity index (χ4v) is 0.472. The summed E-state index contributed by atoms with van der Waals surface area (Å²) in [6.45, 7) is 0. The minimum atomic E-state index is -3.91. The zero-order valence-corrected chi connectivity index (χ0v) is 10.3. The van der Waals surface area contributed by atoms with Crippen LogP contribution in [0.1, 0.15) is 0 Å². The molecule has 0 fully saturated rings. The van der Waals surface area contributed by atoms with Crippen LogP contribution in [-0.4, -0.2) is 51.0 Å². The molecular formula is C4H12N2O4SSi. The second-order valence-corrected chi connectivity index (χ2v) is 4.49. The van der Waals surface area contributed by atoms with E-state index >= 15 is 0 Å². The highest BCUT2D eigenvalue weighted by molar-refractivity contribution is 7.86. The molecule has 0 amide bonds. The molecule has 0 unspecified atom stereocenters. The molecule has 6 nitrogen and oxygen atoms in total. The Labute approximate surface area is 75.0 Å². The Bertz CT molecular complexity index is 241. The Balaban J connectivity index is 0. The first-order valence-electron chi connectivity index (χ1n) is 2.86. The van der Waals surface area contributed by atoms with Crippen molar-refractivity contribution in [3.8, 4) is 0 Å². The van der Waals surface area contributed by atoms with Gasteiger partial charge >= 0.3 is 10.3 Å². The van der Waals surface area contributed by atoms with Crippen molar-refractivity contribution in [3.05, 3.63) is 0 Å². The van der Waals surface area contributed by atoms with Crippen LogP contribution in [0.2, 0.25) is 0 Å². The molecule has 0 heterocycles. The van der Waals surface area contributed by atoms with Crippen LogP contribution in [0.3, 0.4) is 0 Å². The van der Waals surface area contributed by atoms with E-state index in [2.05, 4.69) is 8.27 Å². The zero-order chi connectivity index (χ0) is 10.2. The summed E-state index contributed by atoms with van der Waals surface area (Å²) in [5.74, 6) is 0. The smallest absolute Gasteiger partial charge is 0.312 e. The molecule has 0 aliphatic heterocycles. The van der Waals surface area contributed by atoms with Crippen LogP contribution < -0.4 is 0 Å². The Kier molecular flexibility index (Phi) is 8.33. The first-order valence-corrected chi connectivity index (χ1v) is 5.04. The zero-order valence-electron chi connectivity index (χ0n) is 7.44. The van der Waals surface area contributed by atoms with E-state index in [1.54, 1.807) is 0 Å². The Morgan fingerprint density at radius 1 is 1.42 bits per heavy atom. The maximum Gasteiger partial charge on any atom is 0.380 e. The predicted octanol–water partition coefficient (Wildman–Crippen LogP) is -1.96. The number of rotatable bonds is 2. The van der Waals surface area contributed by atoms with E-state index in [-0.39, 0.29) is 10.5 Å². The maximum atomic E-state index is 9.98. The standard InChI is InChI=1S/C3H9N.CH3NO4SSi/c1-4(2)3;3-1-2-7(4,5)6-8/h1-3H3;8H3. The SMILES string of the molecule is CN(C)C.O=C=NS(=O)(=O)O[SiH3]. The van der Waals surface area contributed by atoms with Gasteiger partial charge in [-0.05, 0) is 21.1 Å². The molecule has 0 aromatic carbocycles. The van der Waals surface area contributed by atoms with Gasteiger partial charge in [0.25, 0.3) is 6.08 Å². The van der Waals surface area contributed by atoms with Crippen LogP contribution in [0.5, 0.6) is 0 Å². The topological polar surface area (TPSA) is 76.0 Å². The lowest BCUT2D eigenvalue weighted by Crippen LogP contribution is -1.99. The van der Waals surface area contributed by atoms with Crippen LogP contribution >= 0.6 is 0 Å². The van der Waals surface area contributed by atoms with Gasteiger partial charge < -0.3 is 8.77 Å². The predicted molar refractivity (Wildman–Crippen MR) is 47.7 cm³/mol. The van der Waals surface area contributed by atoms with Gasteiger partial charge in [0.15, 0.2) is 10.5 Å². The quantitative estimate of drug-likeness (QED) is 0.302. The minimum Gasteiger partial charge on any atom is -0.312 e. The summed E-state index contributed by atoms with van der Waals surface area (Å²) in [5.41, 5.74) is 0. The van der Waals surface area contributed by atoms with E-state index in [0.717, 1.165) is 6.08 Å². The highest BCUT2D eigenvalue weighted by Crippen LogP contribution is 1.85. The van der Waals surface area contributed by atoms with Crippen molar-refractivity contribution in [2.45, 2.75) is 0 Å². The second kappa shape index (κ2) is 7.13. The number of isocyanates is 1. The molecule has 0 atom stereocenters. The summed E-state index contributed by atoms with van der Waals surface area (Å²) in [7, 11) is 2.09. The van der Waals surface area contributed by atoms with E-state index in [9.17, 15) is 13.2 Å². The molecule has 0 N–H and O–H groups in total. The van der Waals surface area contributed by atoms with Crippen molar-refractivity contribution < 1.29 is 17.1 Å². The lowest BCUT2D eigenvalue weighted by molar-refractivity contribution is 0.505. The first kappa shape index (κ1) is 14.0. The number of nitrogens with zero attached hydrogens (tertiary/aromatic N) is 2. The molecule has 0 spiro atoms. The van der Waals surface area contributed by atoms with Gasteiger partial charge in [0.05, 0.1) is 0 Å². The largest absolute Gasteiger partial charge is 0.380 e. The van der Waals surface area contributed by atoms with Crippen molar-refractivity contribution in [2.75, 3.05) is 21.1 Å². The Morgan fingerprint density at radius 2 is 1.75 bits per heavy atom. The Hall–Kier alpha value is -0.533. The van der Waals surface area contributed by atoms with Crippen molar-refractivity contribution >= 4 is 26.9 Å². The van der Waals surface area contributed by atoms with Gasteiger partial charge in [-0.1, -0.05) is 4.40 Å². The minimum absolute atomic E-state index is 0.000988. The van der Waals surface area contributed by atoms with Crippen LogP contribution in [0.25, 0.3) is 0 Å². The monoisotopic (exact) mass is 212 g/mol. The summed E-state index contributed by atoms with van der Waals surface area (Å²) < 4.78 is 26.2. The summed E-state index contributed by atoms with van der Waals surface area (Å²) in [4.78, 5) is 11.2.